The molecule has 0 N–H and O–H groups in total. The van der Waals surface area contributed by atoms with Gasteiger partial charge in [-0.05, 0) is 34.5 Å². The zero-order valence-corrected chi connectivity index (χ0v) is 10.1. The summed E-state index contributed by atoms with van der Waals surface area (Å²) in [6, 6.07) is 3.62. The van der Waals surface area contributed by atoms with Gasteiger partial charge in [0.25, 0.3) is 0 Å². The standard InChI is InChI=1S/C11H11BrO3/c1-7-3-8(5-10(14)15-2)11(12)9(4-7)6-13/h3-4,6H,5H2,1-2H3. The topological polar surface area (TPSA) is 43.4 Å². The fourth-order valence-electron chi connectivity index (χ4n) is 1.32. The Balaban J connectivity index is 3.11. The third kappa shape index (κ3) is 2.89. The second kappa shape index (κ2) is 5.07. The van der Waals surface area contributed by atoms with E-state index >= 15 is 0 Å². The number of aldehydes is 1. The summed E-state index contributed by atoms with van der Waals surface area (Å²) in [6.07, 6.45) is 0.928. The van der Waals surface area contributed by atoms with Crippen LogP contribution in [0, 0.1) is 6.92 Å². The van der Waals surface area contributed by atoms with Gasteiger partial charge in [-0.25, -0.2) is 0 Å². The second-order valence-corrected chi connectivity index (χ2v) is 3.99. The zero-order valence-electron chi connectivity index (χ0n) is 8.54. The van der Waals surface area contributed by atoms with Crippen LogP contribution in [0.2, 0.25) is 0 Å². The second-order valence-electron chi connectivity index (χ2n) is 3.20. The van der Waals surface area contributed by atoms with E-state index in [1.54, 1.807) is 6.07 Å². The lowest BCUT2D eigenvalue weighted by molar-refractivity contribution is -0.139. The van der Waals surface area contributed by atoms with Gasteiger partial charge in [0.2, 0.25) is 0 Å². The Bertz CT molecular complexity index is 399. The van der Waals surface area contributed by atoms with Crippen molar-refractivity contribution in [2.45, 2.75) is 13.3 Å². The average Bonchev–Trinajstić information content (AvgIpc) is 2.22. The molecular formula is C11H11BrO3. The molecule has 0 saturated carbocycles. The van der Waals surface area contributed by atoms with E-state index in [1.165, 1.54) is 7.11 Å². The predicted molar refractivity (Wildman–Crippen MR) is 60.0 cm³/mol. The summed E-state index contributed by atoms with van der Waals surface area (Å²) in [6.45, 7) is 1.88. The first kappa shape index (κ1) is 11.9. The van der Waals surface area contributed by atoms with Crippen molar-refractivity contribution in [3.05, 3.63) is 33.3 Å². The number of carbonyl (C=O) groups excluding carboxylic acids is 2. The SMILES string of the molecule is COC(=O)Cc1cc(C)cc(C=O)c1Br. The summed E-state index contributed by atoms with van der Waals surface area (Å²) in [7, 11) is 1.34. The van der Waals surface area contributed by atoms with E-state index < -0.39 is 0 Å². The minimum atomic E-state index is -0.321. The van der Waals surface area contributed by atoms with Gasteiger partial charge in [0.15, 0.2) is 6.29 Å². The largest absolute Gasteiger partial charge is 0.469 e. The van der Waals surface area contributed by atoms with Gasteiger partial charge in [-0.2, -0.15) is 0 Å². The number of hydrogen-bond acceptors (Lipinski definition) is 3. The van der Waals surface area contributed by atoms with Gasteiger partial charge in [0.1, 0.15) is 0 Å². The molecule has 1 aromatic carbocycles. The van der Waals surface area contributed by atoms with Gasteiger partial charge in [0, 0.05) is 10.0 Å². The molecule has 4 heteroatoms. The maximum atomic E-state index is 11.1. The smallest absolute Gasteiger partial charge is 0.310 e. The first-order valence-electron chi connectivity index (χ1n) is 4.39. The van der Waals surface area contributed by atoms with Crippen LogP contribution in [0.15, 0.2) is 16.6 Å². The molecule has 3 nitrogen and oxygen atoms in total. The highest BCUT2D eigenvalue weighted by Crippen LogP contribution is 2.23. The molecule has 80 valence electrons. The minimum Gasteiger partial charge on any atom is -0.469 e. The molecule has 0 aliphatic carbocycles. The van der Waals surface area contributed by atoms with Crippen molar-refractivity contribution >= 4 is 28.2 Å². The Kier molecular flexibility index (Phi) is 4.03. The van der Waals surface area contributed by atoms with Gasteiger partial charge in [-0.15, -0.1) is 0 Å². The summed E-state index contributed by atoms with van der Waals surface area (Å²) < 4.78 is 5.24. The van der Waals surface area contributed by atoms with E-state index in [-0.39, 0.29) is 12.4 Å². The van der Waals surface area contributed by atoms with Crippen LogP contribution in [0.25, 0.3) is 0 Å². The lowest BCUT2D eigenvalue weighted by Gasteiger charge is -2.07. The summed E-state index contributed by atoms with van der Waals surface area (Å²) >= 11 is 3.29. The molecule has 15 heavy (non-hydrogen) atoms. The Morgan fingerprint density at radius 2 is 2.20 bits per heavy atom. The van der Waals surface area contributed by atoms with E-state index in [0.717, 1.165) is 17.4 Å². The number of esters is 1. The normalized spacial score (nSPS) is 9.80. The Hall–Kier alpha value is -1.16. The third-order valence-electron chi connectivity index (χ3n) is 2.01. The highest BCUT2D eigenvalue weighted by Gasteiger charge is 2.10. The molecule has 0 unspecified atom stereocenters. The molecule has 0 radical (unpaired) electrons. The van der Waals surface area contributed by atoms with Crippen LogP contribution in [0.4, 0.5) is 0 Å². The molecular weight excluding hydrogens is 260 g/mol. The van der Waals surface area contributed by atoms with Crippen molar-refractivity contribution in [2.75, 3.05) is 7.11 Å². The number of halogens is 1. The van der Waals surface area contributed by atoms with Crippen molar-refractivity contribution in [1.82, 2.24) is 0 Å². The number of aryl methyl sites for hydroxylation is 1. The quantitative estimate of drug-likeness (QED) is 0.625. The van der Waals surface area contributed by atoms with Gasteiger partial charge in [-0.3, -0.25) is 9.59 Å². The molecule has 0 aliphatic rings. The van der Waals surface area contributed by atoms with E-state index in [1.807, 2.05) is 13.0 Å². The molecule has 1 aromatic rings. The summed E-state index contributed by atoms with van der Waals surface area (Å²) in [5, 5.41) is 0. The van der Waals surface area contributed by atoms with Crippen molar-refractivity contribution in [1.29, 1.82) is 0 Å². The number of benzene rings is 1. The molecule has 0 amide bonds. The van der Waals surface area contributed by atoms with E-state index in [2.05, 4.69) is 20.7 Å². The van der Waals surface area contributed by atoms with Crippen LogP contribution < -0.4 is 0 Å². The van der Waals surface area contributed by atoms with Crippen molar-refractivity contribution in [2.24, 2.45) is 0 Å². The molecule has 0 atom stereocenters. The highest BCUT2D eigenvalue weighted by molar-refractivity contribution is 9.10. The monoisotopic (exact) mass is 270 g/mol. The maximum Gasteiger partial charge on any atom is 0.310 e. The number of ether oxygens (including phenoxy) is 1. The Labute approximate surface area is 96.6 Å². The van der Waals surface area contributed by atoms with Crippen LogP contribution in [-0.4, -0.2) is 19.4 Å². The zero-order chi connectivity index (χ0) is 11.4. The molecule has 0 bridgehead atoms. The van der Waals surface area contributed by atoms with Crippen LogP contribution in [0.1, 0.15) is 21.5 Å². The lowest BCUT2D eigenvalue weighted by Crippen LogP contribution is -2.06. The van der Waals surface area contributed by atoms with Crippen LogP contribution in [0.3, 0.4) is 0 Å². The molecule has 0 saturated heterocycles. The number of rotatable bonds is 3. The Morgan fingerprint density at radius 3 is 2.73 bits per heavy atom. The fourth-order valence-corrected chi connectivity index (χ4v) is 1.78. The minimum absolute atomic E-state index is 0.166. The Morgan fingerprint density at radius 1 is 1.53 bits per heavy atom. The van der Waals surface area contributed by atoms with Crippen LogP contribution in [-0.2, 0) is 16.0 Å². The molecule has 0 aliphatic heterocycles. The fraction of sp³-hybridized carbons (Fsp3) is 0.273. The van der Waals surface area contributed by atoms with Gasteiger partial charge in [0.05, 0.1) is 13.5 Å². The van der Waals surface area contributed by atoms with E-state index in [9.17, 15) is 9.59 Å². The lowest BCUT2D eigenvalue weighted by atomic mass is 10.0. The van der Waals surface area contributed by atoms with Crippen molar-refractivity contribution < 1.29 is 14.3 Å². The summed E-state index contributed by atoms with van der Waals surface area (Å²) in [4.78, 5) is 21.9. The summed E-state index contributed by atoms with van der Waals surface area (Å²) in [5.41, 5.74) is 2.26. The van der Waals surface area contributed by atoms with Crippen LogP contribution in [0.5, 0.6) is 0 Å². The molecule has 1 rings (SSSR count). The third-order valence-corrected chi connectivity index (χ3v) is 2.98. The average molecular weight is 271 g/mol. The van der Waals surface area contributed by atoms with Gasteiger partial charge in [-0.1, -0.05) is 11.6 Å². The molecule has 0 fully saturated rings. The highest BCUT2D eigenvalue weighted by atomic mass is 79.9. The first-order chi connectivity index (χ1) is 7.08. The number of methoxy groups -OCH3 is 1. The van der Waals surface area contributed by atoms with Crippen LogP contribution >= 0.6 is 15.9 Å². The summed E-state index contributed by atoms with van der Waals surface area (Å²) in [5.74, 6) is -0.321. The molecule has 0 spiro atoms. The number of carbonyl (C=O) groups is 2. The van der Waals surface area contributed by atoms with Crippen molar-refractivity contribution in [3.63, 3.8) is 0 Å². The van der Waals surface area contributed by atoms with Gasteiger partial charge >= 0.3 is 5.97 Å². The molecule has 0 aromatic heterocycles. The van der Waals surface area contributed by atoms with E-state index in [4.69, 9.17) is 0 Å². The predicted octanol–water partition coefficient (Wildman–Crippen LogP) is 2.29. The first-order valence-corrected chi connectivity index (χ1v) is 5.18. The molecule has 0 heterocycles. The maximum absolute atomic E-state index is 11.1. The van der Waals surface area contributed by atoms with Crippen molar-refractivity contribution in [3.8, 4) is 0 Å². The van der Waals surface area contributed by atoms with E-state index in [0.29, 0.717) is 10.0 Å². The number of hydrogen-bond donors (Lipinski definition) is 0. The van der Waals surface area contributed by atoms with Gasteiger partial charge < -0.3 is 4.74 Å².